The molecule has 1 aromatic rings. The summed E-state index contributed by atoms with van der Waals surface area (Å²) in [5.41, 5.74) is 0.731. The van der Waals surface area contributed by atoms with E-state index in [2.05, 4.69) is 0 Å². The van der Waals surface area contributed by atoms with Gasteiger partial charge in [0.05, 0.1) is 6.10 Å². The molecule has 1 unspecified atom stereocenters. The normalized spacial score (nSPS) is 21.1. The van der Waals surface area contributed by atoms with Crippen molar-refractivity contribution in [2.75, 3.05) is 13.2 Å². The van der Waals surface area contributed by atoms with E-state index < -0.39 is 0 Å². The lowest BCUT2D eigenvalue weighted by molar-refractivity contribution is 0.0679. The smallest absolute Gasteiger partial charge is 0.119 e. The quantitative estimate of drug-likeness (QED) is 0.728. The Morgan fingerprint density at radius 2 is 2.43 bits per heavy atom. The van der Waals surface area contributed by atoms with Crippen LogP contribution < -0.4 is 4.74 Å². The Morgan fingerprint density at radius 1 is 1.50 bits per heavy atom. The average Bonchev–Trinajstić information content (AvgIpc) is 2.67. The molecule has 1 aliphatic heterocycles. The highest BCUT2D eigenvalue weighted by molar-refractivity contribution is 5.29. The van der Waals surface area contributed by atoms with E-state index in [0.29, 0.717) is 6.61 Å². The third-order valence-corrected chi connectivity index (χ3v) is 2.32. The third-order valence-electron chi connectivity index (χ3n) is 2.32. The molecule has 14 heavy (non-hydrogen) atoms. The SMILES string of the molecule is [CH]c1cccc(OCC2CCCO2)c1. The summed E-state index contributed by atoms with van der Waals surface area (Å²) < 4.78 is 11.0. The molecule has 2 nitrogen and oxygen atoms in total. The molecular weight excluding hydrogens is 176 g/mol. The maximum Gasteiger partial charge on any atom is 0.119 e. The van der Waals surface area contributed by atoms with Crippen LogP contribution in [0.5, 0.6) is 5.75 Å². The monoisotopic (exact) mass is 190 g/mol. The first-order valence-electron chi connectivity index (χ1n) is 4.94. The molecule has 0 amide bonds. The second-order valence-corrected chi connectivity index (χ2v) is 3.52. The Balaban J connectivity index is 1.85. The Morgan fingerprint density at radius 3 is 3.14 bits per heavy atom. The number of hydrogen-bond donors (Lipinski definition) is 0. The fraction of sp³-hybridized carbons (Fsp3) is 0.417. The van der Waals surface area contributed by atoms with Crippen LogP contribution >= 0.6 is 0 Å². The molecule has 1 aliphatic rings. The van der Waals surface area contributed by atoms with Gasteiger partial charge in [0.1, 0.15) is 12.4 Å². The zero-order valence-electron chi connectivity index (χ0n) is 8.11. The van der Waals surface area contributed by atoms with Crippen LogP contribution in [0.4, 0.5) is 0 Å². The molecule has 1 fully saturated rings. The highest BCUT2D eigenvalue weighted by Crippen LogP contribution is 2.16. The van der Waals surface area contributed by atoms with Gasteiger partial charge in [-0.25, -0.2) is 0 Å². The zero-order valence-corrected chi connectivity index (χ0v) is 8.11. The Labute approximate surface area is 84.8 Å². The highest BCUT2D eigenvalue weighted by Gasteiger charge is 2.15. The lowest BCUT2D eigenvalue weighted by Crippen LogP contribution is -2.16. The first-order valence-corrected chi connectivity index (χ1v) is 4.94. The van der Waals surface area contributed by atoms with Gasteiger partial charge in [-0.05, 0) is 37.5 Å². The van der Waals surface area contributed by atoms with Gasteiger partial charge >= 0.3 is 0 Å². The maximum absolute atomic E-state index is 5.63. The van der Waals surface area contributed by atoms with E-state index in [9.17, 15) is 0 Å². The van der Waals surface area contributed by atoms with Crippen LogP contribution in [0.3, 0.4) is 0 Å². The molecule has 0 aliphatic carbocycles. The number of rotatable bonds is 3. The van der Waals surface area contributed by atoms with E-state index in [1.54, 1.807) is 0 Å². The van der Waals surface area contributed by atoms with Crippen LogP contribution in [0.25, 0.3) is 0 Å². The fourth-order valence-electron chi connectivity index (χ4n) is 1.57. The van der Waals surface area contributed by atoms with Crippen molar-refractivity contribution in [3.63, 3.8) is 0 Å². The molecule has 0 saturated carbocycles. The van der Waals surface area contributed by atoms with Gasteiger partial charge in [0.15, 0.2) is 0 Å². The molecule has 2 rings (SSSR count). The molecule has 1 atom stereocenters. The van der Waals surface area contributed by atoms with Crippen molar-refractivity contribution in [3.05, 3.63) is 36.8 Å². The van der Waals surface area contributed by atoms with Crippen molar-refractivity contribution < 1.29 is 9.47 Å². The maximum atomic E-state index is 5.63. The second kappa shape index (κ2) is 4.47. The molecule has 0 aromatic heterocycles. The number of benzene rings is 1. The van der Waals surface area contributed by atoms with Gasteiger partial charge in [0, 0.05) is 6.61 Å². The summed E-state index contributed by atoms with van der Waals surface area (Å²) in [5, 5.41) is 0. The van der Waals surface area contributed by atoms with E-state index in [-0.39, 0.29) is 6.10 Å². The predicted octanol–water partition coefficient (Wildman–Crippen LogP) is 2.30. The molecule has 0 bridgehead atoms. The minimum Gasteiger partial charge on any atom is -0.491 e. The molecule has 1 saturated heterocycles. The van der Waals surface area contributed by atoms with Gasteiger partial charge in [-0.1, -0.05) is 12.1 Å². The topological polar surface area (TPSA) is 18.5 Å². The lowest BCUT2D eigenvalue weighted by Gasteiger charge is -2.11. The van der Waals surface area contributed by atoms with Crippen LogP contribution in [0.1, 0.15) is 18.4 Å². The number of hydrogen-bond acceptors (Lipinski definition) is 2. The van der Waals surface area contributed by atoms with Crippen molar-refractivity contribution in [1.82, 2.24) is 0 Å². The Bertz CT molecular complexity index is 290. The largest absolute Gasteiger partial charge is 0.491 e. The second-order valence-electron chi connectivity index (χ2n) is 3.52. The summed E-state index contributed by atoms with van der Waals surface area (Å²) in [7, 11) is 0. The van der Waals surface area contributed by atoms with Crippen LogP contribution in [0.2, 0.25) is 0 Å². The van der Waals surface area contributed by atoms with Gasteiger partial charge in [-0.15, -0.1) is 0 Å². The molecule has 1 aromatic carbocycles. The van der Waals surface area contributed by atoms with Gasteiger partial charge in [0.25, 0.3) is 0 Å². The summed E-state index contributed by atoms with van der Waals surface area (Å²) in [4.78, 5) is 0. The van der Waals surface area contributed by atoms with Crippen molar-refractivity contribution in [1.29, 1.82) is 0 Å². The third kappa shape index (κ3) is 2.48. The highest BCUT2D eigenvalue weighted by atomic mass is 16.5. The van der Waals surface area contributed by atoms with Crippen molar-refractivity contribution in [3.8, 4) is 5.75 Å². The van der Waals surface area contributed by atoms with Crippen molar-refractivity contribution in [2.24, 2.45) is 0 Å². The zero-order chi connectivity index (χ0) is 9.80. The molecular formula is C12H14O2. The van der Waals surface area contributed by atoms with Crippen molar-refractivity contribution in [2.45, 2.75) is 18.9 Å². The Kier molecular flexibility index (Phi) is 3.04. The first kappa shape index (κ1) is 9.53. The van der Waals surface area contributed by atoms with Gasteiger partial charge in [0.2, 0.25) is 0 Å². The Hall–Kier alpha value is -1.02. The molecule has 0 N–H and O–H groups in total. The van der Waals surface area contributed by atoms with E-state index in [1.165, 1.54) is 0 Å². The minimum atomic E-state index is 0.261. The van der Waals surface area contributed by atoms with Crippen LogP contribution in [-0.2, 0) is 4.74 Å². The van der Waals surface area contributed by atoms with E-state index in [4.69, 9.17) is 16.4 Å². The summed E-state index contributed by atoms with van der Waals surface area (Å²) >= 11 is 0. The van der Waals surface area contributed by atoms with E-state index in [0.717, 1.165) is 30.8 Å². The standard InChI is InChI=1S/C12H14O2/c1-10-4-2-5-11(8-10)14-9-12-6-3-7-13-12/h1-2,4-5,8,12H,3,6-7,9H2. The molecule has 2 radical (unpaired) electrons. The molecule has 2 heteroatoms. The summed E-state index contributed by atoms with van der Waals surface area (Å²) in [5.74, 6) is 0.820. The van der Waals surface area contributed by atoms with Gasteiger partial charge in [-0.3, -0.25) is 0 Å². The molecule has 74 valence electrons. The molecule has 1 heterocycles. The van der Waals surface area contributed by atoms with Gasteiger partial charge < -0.3 is 9.47 Å². The van der Waals surface area contributed by atoms with E-state index >= 15 is 0 Å². The van der Waals surface area contributed by atoms with Crippen LogP contribution in [0.15, 0.2) is 24.3 Å². The van der Waals surface area contributed by atoms with E-state index in [1.807, 2.05) is 24.3 Å². The van der Waals surface area contributed by atoms with Crippen molar-refractivity contribution >= 4 is 0 Å². The van der Waals surface area contributed by atoms with Gasteiger partial charge in [-0.2, -0.15) is 0 Å². The first-order chi connectivity index (χ1) is 6.84. The fourth-order valence-corrected chi connectivity index (χ4v) is 1.57. The number of ether oxygens (including phenoxy) is 2. The predicted molar refractivity (Wildman–Crippen MR) is 54.3 cm³/mol. The minimum absolute atomic E-state index is 0.261. The summed E-state index contributed by atoms with van der Waals surface area (Å²) in [6.45, 7) is 7.13. The van der Waals surface area contributed by atoms with Crippen LogP contribution in [-0.4, -0.2) is 19.3 Å². The summed E-state index contributed by atoms with van der Waals surface area (Å²) in [6, 6.07) is 7.47. The lowest BCUT2D eigenvalue weighted by atomic mass is 10.2. The average molecular weight is 190 g/mol. The molecule has 0 spiro atoms. The van der Waals surface area contributed by atoms with Crippen LogP contribution in [0, 0.1) is 6.92 Å². The summed E-state index contributed by atoms with van der Waals surface area (Å²) in [6.07, 6.45) is 2.50.